The van der Waals surface area contributed by atoms with Crippen LogP contribution in [0, 0.1) is 11.8 Å². The van der Waals surface area contributed by atoms with Crippen molar-refractivity contribution >= 4 is 16.8 Å². The molecule has 0 radical (unpaired) electrons. The Balaban J connectivity index is 1.25. The molecule has 1 amide bonds. The summed E-state index contributed by atoms with van der Waals surface area (Å²) in [5.74, 6) is 7.42. The van der Waals surface area contributed by atoms with Crippen LogP contribution in [0.5, 0.6) is 17.2 Å². The lowest BCUT2D eigenvalue weighted by atomic mass is 10.1. The predicted molar refractivity (Wildman–Crippen MR) is 109 cm³/mol. The molecule has 2 heterocycles. The molecule has 0 aliphatic carbocycles. The van der Waals surface area contributed by atoms with Crippen LogP contribution in [0.25, 0.3) is 10.9 Å². The Morgan fingerprint density at radius 2 is 1.93 bits per heavy atom. The normalized spacial score (nSPS) is 17.1. The van der Waals surface area contributed by atoms with Crippen molar-refractivity contribution in [3.63, 3.8) is 0 Å². The van der Waals surface area contributed by atoms with Gasteiger partial charge in [0.15, 0.2) is 11.5 Å². The highest BCUT2D eigenvalue weighted by atomic mass is 16.6. The number of nitrogens with one attached hydrogen (secondary N) is 1. The molecule has 2 atom stereocenters. The zero-order valence-corrected chi connectivity index (χ0v) is 15.9. The molecule has 0 bridgehead atoms. The highest BCUT2D eigenvalue weighted by Gasteiger charge is 2.33. The topological polar surface area (TPSA) is 69.7 Å². The second-order valence-electron chi connectivity index (χ2n) is 6.53. The van der Waals surface area contributed by atoms with Crippen LogP contribution < -0.4 is 19.5 Å². The van der Waals surface area contributed by atoms with Crippen LogP contribution in [0.15, 0.2) is 60.8 Å². The van der Waals surface area contributed by atoms with Crippen molar-refractivity contribution in [3.05, 3.63) is 60.8 Å². The molecule has 0 saturated heterocycles. The minimum atomic E-state index is -0.715. The third-order valence-electron chi connectivity index (χ3n) is 4.47. The van der Waals surface area contributed by atoms with Crippen LogP contribution in [-0.4, -0.2) is 36.3 Å². The minimum Gasteiger partial charge on any atom is -0.482 e. The number of aromatic nitrogens is 1. The first-order chi connectivity index (χ1) is 14.2. The van der Waals surface area contributed by atoms with Crippen LogP contribution >= 0.6 is 0 Å². The maximum Gasteiger partial charge on any atom is 0.265 e. The van der Waals surface area contributed by atoms with Gasteiger partial charge in [0.25, 0.3) is 5.91 Å². The maximum atomic E-state index is 12.4. The number of pyridine rings is 1. The maximum absolute atomic E-state index is 12.4. The van der Waals surface area contributed by atoms with Crippen molar-refractivity contribution in [3.8, 4) is 29.1 Å². The van der Waals surface area contributed by atoms with Gasteiger partial charge in [0.05, 0.1) is 12.1 Å². The molecule has 0 saturated carbocycles. The van der Waals surface area contributed by atoms with Crippen molar-refractivity contribution in [1.29, 1.82) is 0 Å². The molecule has 1 N–H and O–H groups in total. The molecular weight excluding hydrogens is 368 g/mol. The second kappa shape index (κ2) is 8.53. The predicted octanol–water partition coefficient (Wildman–Crippen LogP) is 2.96. The number of para-hydroxylation sites is 2. The van der Waals surface area contributed by atoms with E-state index < -0.39 is 6.10 Å². The SMILES string of the molecule is CC1Oc2ccccc2OC1C(=O)NCC#CCOc1ccc2cccnc2c1. The van der Waals surface area contributed by atoms with Crippen molar-refractivity contribution in [1.82, 2.24) is 10.3 Å². The van der Waals surface area contributed by atoms with Crippen LogP contribution in [0.1, 0.15) is 6.92 Å². The Morgan fingerprint density at radius 1 is 1.10 bits per heavy atom. The molecule has 1 aliphatic heterocycles. The van der Waals surface area contributed by atoms with E-state index in [1.807, 2.05) is 48.5 Å². The lowest BCUT2D eigenvalue weighted by Gasteiger charge is -2.30. The summed E-state index contributed by atoms with van der Waals surface area (Å²) in [6, 6.07) is 16.9. The molecule has 0 fully saturated rings. The quantitative estimate of drug-likeness (QED) is 0.696. The monoisotopic (exact) mass is 388 g/mol. The van der Waals surface area contributed by atoms with E-state index >= 15 is 0 Å². The molecule has 2 aromatic carbocycles. The lowest BCUT2D eigenvalue weighted by molar-refractivity contribution is -0.133. The largest absolute Gasteiger partial charge is 0.482 e. The molecule has 29 heavy (non-hydrogen) atoms. The number of nitrogens with zero attached hydrogens (tertiary/aromatic N) is 1. The van der Waals surface area contributed by atoms with Gasteiger partial charge in [-0.25, -0.2) is 0 Å². The van der Waals surface area contributed by atoms with E-state index in [2.05, 4.69) is 22.1 Å². The van der Waals surface area contributed by atoms with E-state index in [0.717, 1.165) is 10.9 Å². The number of hydrogen-bond acceptors (Lipinski definition) is 5. The summed E-state index contributed by atoms with van der Waals surface area (Å²) >= 11 is 0. The first kappa shape index (κ1) is 18.6. The number of fused-ring (bicyclic) bond motifs is 2. The summed E-state index contributed by atoms with van der Waals surface area (Å²) in [5.41, 5.74) is 0.871. The van der Waals surface area contributed by atoms with E-state index in [9.17, 15) is 4.79 Å². The average molecular weight is 388 g/mol. The molecule has 146 valence electrons. The van der Waals surface area contributed by atoms with E-state index in [1.54, 1.807) is 19.2 Å². The van der Waals surface area contributed by atoms with Gasteiger partial charge in [-0.1, -0.05) is 30.0 Å². The molecule has 1 aliphatic rings. The Hall–Kier alpha value is -3.72. The van der Waals surface area contributed by atoms with Gasteiger partial charge >= 0.3 is 0 Å². The second-order valence-corrected chi connectivity index (χ2v) is 6.53. The zero-order chi connectivity index (χ0) is 20.1. The minimum absolute atomic E-state index is 0.204. The summed E-state index contributed by atoms with van der Waals surface area (Å²) in [5, 5.41) is 3.81. The van der Waals surface area contributed by atoms with Gasteiger partial charge in [-0.3, -0.25) is 9.78 Å². The number of ether oxygens (including phenoxy) is 3. The first-order valence-electron chi connectivity index (χ1n) is 9.34. The highest BCUT2D eigenvalue weighted by Crippen LogP contribution is 2.33. The van der Waals surface area contributed by atoms with Crippen LogP contribution in [0.4, 0.5) is 0 Å². The van der Waals surface area contributed by atoms with Crippen molar-refractivity contribution < 1.29 is 19.0 Å². The molecule has 2 unspecified atom stereocenters. The fraction of sp³-hybridized carbons (Fsp3) is 0.217. The Bertz CT molecular complexity index is 1090. The van der Waals surface area contributed by atoms with Crippen LogP contribution in [-0.2, 0) is 4.79 Å². The van der Waals surface area contributed by atoms with Crippen molar-refractivity contribution in [2.75, 3.05) is 13.2 Å². The fourth-order valence-corrected chi connectivity index (χ4v) is 3.01. The number of amides is 1. The number of rotatable bonds is 4. The Labute approximate surface area is 168 Å². The summed E-state index contributed by atoms with van der Waals surface area (Å²) in [7, 11) is 0. The molecule has 1 aromatic heterocycles. The zero-order valence-electron chi connectivity index (χ0n) is 15.9. The molecule has 6 nitrogen and oxygen atoms in total. The van der Waals surface area contributed by atoms with Crippen LogP contribution in [0.2, 0.25) is 0 Å². The average Bonchev–Trinajstić information content (AvgIpc) is 2.75. The van der Waals surface area contributed by atoms with Gasteiger partial charge < -0.3 is 19.5 Å². The van der Waals surface area contributed by atoms with Crippen molar-refractivity contribution in [2.24, 2.45) is 0 Å². The number of benzene rings is 2. The third kappa shape index (κ3) is 4.41. The van der Waals surface area contributed by atoms with E-state index in [0.29, 0.717) is 17.2 Å². The number of carbonyl (C=O) groups excluding carboxylic acids is 1. The summed E-state index contributed by atoms with van der Waals surface area (Å²) in [6.07, 6.45) is 0.644. The molecule has 6 heteroatoms. The van der Waals surface area contributed by atoms with Gasteiger partial charge in [0.2, 0.25) is 6.10 Å². The Morgan fingerprint density at radius 3 is 2.79 bits per heavy atom. The molecular formula is C23H20N2O4. The summed E-state index contributed by atoms with van der Waals surface area (Å²) < 4.78 is 17.1. The van der Waals surface area contributed by atoms with Gasteiger partial charge in [-0.2, -0.15) is 0 Å². The molecule has 3 aromatic rings. The molecule has 0 spiro atoms. The number of hydrogen-bond donors (Lipinski definition) is 1. The standard InChI is InChI=1S/C23H20N2O4/c1-16-22(29-21-9-3-2-8-20(21)28-16)23(26)25-12-4-5-14-27-18-11-10-17-7-6-13-24-19(17)15-18/h2-3,6-11,13,15-16,22H,12,14H2,1H3,(H,25,26). The van der Waals surface area contributed by atoms with Crippen molar-refractivity contribution in [2.45, 2.75) is 19.1 Å². The summed E-state index contributed by atoms with van der Waals surface area (Å²) in [4.78, 5) is 16.7. The number of carbonyl (C=O) groups is 1. The third-order valence-corrected chi connectivity index (χ3v) is 4.47. The first-order valence-corrected chi connectivity index (χ1v) is 9.34. The molecule has 4 rings (SSSR count). The van der Waals surface area contributed by atoms with E-state index in [1.165, 1.54) is 0 Å². The van der Waals surface area contributed by atoms with Gasteiger partial charge in [0, 0.05) is 17.6 Å². The van der Waals surface area contributed by atoms with Gasteiger partial charge in [-0.15, -0.1) is 0 Å². The Kier molecular flexibility index (Phi) is 5.48. The van der Waals surface area contributed by atoms with Gasteiger partial charge in [-0.05, 0) is 37.3 Å². The van der Waals surface area contributed by atoms with E-state index in [-0.39, 0.29) is 25.2 Å². The van der Waals surface area contributed by atoms with Gasteiger partial charge in [0.1, 0.15) is 18.5 Å². The smallest absolute Gasteiger partial charge is 0.265 e. The van der Waals surface area contributed by atoms with E-state index in [4.69, 9.17) is 14.2 Å². The summed E-state index contributed by atoms with van der Waals surface area (Å²) in [6.45, 7) is 2.23. The lowest BCUT2D eigenvalue weighted by Crippen LogP contribution is -2.49. The van der Waals surface area contributed by atoms with Crippen LogP contribution in [0.3, 0.4) is 0 Å². The fourth-order valence-electron chi connectivity index (χ4n) is 3.01. The highest BCUT2D eigenvalue weighted by molar-refractivity contribution is 5.82.